The molecule has 0 fully saturated rings. The Labute approximate surface area is 207 Å². The van der Waals surface area contributed by atoms with E-state index in [4.69, 9.17) is 4.74 Å². The highest BCUT2D eigenvalue weighted by Crippen LogP contribution is 2.26. The van der Waals surface area contributed by atoms with Crippen LogP contribution in [0.5, 0.6) is 5.75 Å². The molecule has 1 N–H and O–H groups in total. The molecule has 0 spiro atoms. The molecule has 182 valence electrons. The highest BCUT2D eigenvalue weighted by Gasteiger charge is 2.16. The van der Waals surface area contributed by atoms with Gasteiger partial charge in [0, 0.05) is 23.3 Å². The van der Waals surface area contributed by atoms with Crippen LogP contribution in [0, 0.1) is 11.3 Å². The molecule has 0 radical (unpaired) electrons. The Morgan fingerprint density at radius 3 is 2.43 bits per heavy atom. The van der Waals surface area contributed by atoms with Gasteiger partial charge in [-0.15, -0.1) is 0 Å². The Kier molecular flexibility index (Phi) is 8.21. The number of rotatable bonds is 6. The highest BCUT2D eigenvalue weighted by molar-refractivity contribution is 7.92. The normalized spacial score (nSPS) is 12.4. The van der Waals surface area contributed by atoms with Crippen molar-refractivity contribution in [3.05, 3.63) is 76.3 Å². The summed E-state index contributed by atoms with van der Waals surface area (Å²) in [7, 11) is 0.254. The molecule has 35 heavy (non-hydrogen) atoms. The predicted octanol–water partition coefficient (Wildman–Crippen LogP) is 4.41. The van der Waals surface area contributed by atoms with Gasteiger partial charge in [0.25, 0.3) is 0 Å². The van der Waals surface area contributed by atoms with Gasteiger partial charge in [-0.25, -0.2) is 8.42 Å². The number of aromatic nitrogens is 1. The molecule has 6 nitrogen and oxygen atoms in total. The number of allylic oxidation sites excluding steroid dienone is 2. The van der Waals surface area contributed by atoms with Crippen LogP contribution in [0.25, 0.3) is 29.0 Å². The monoisotopic (exact) mass is 489 g/mol. The van der Waals surface area contributed by atoms with Crippen LogP contribution in [0.4, 0.5) is 5.69 Å². The number of nitriles is 1. The van der Waals surface area contributed by atoms with Crippen molar-refractivity contribution in [2.45, 2.75) is 27.2 Å². The number of hydrogen-bond acceptors (Lipinski definition) is 4. The molecule has 1 heterocycles. The molecule has 0 saturated carbocycles. The van der Waals surface area contributed by atoms with E-state index in [1.807, 2.05) is 61.9 Å². The number of ether oxygens (including phenoxy) is 1. The summed E-state index contributed by atoms with van der Waals surface area (Å²) in [5.41, 5.74) is 4.98. The summed E-state index contributed by atoms with van der Waals surface area (Å²) >= 11 is 0. The third-order valence-electron chi connectivity index (χ3n) is 5.81. The number of benzene rings is 2. The summed E-state index contributed by atoms with van der Waals surface area (Å²) in [6.45, 7) is 5.59. The molecule has 0 saturated heterocycles. The lowest BCUT2D eigenvalue weighted by atomic mass is 10.0. The number of sulfonamides is 1. The van der Waals surface area contributed by atoms with Gasteiger partial charge >= 0.3 is 0 Å². The fourth-order valence-corrected chi connectivity index (χ4v) is 4.67. The number of fused-ring (bicyclic) bond motifs is 1. The first kappa shape index (κ1) is 25.9. The van der Waals surface area contributed by atoms with Gasteiger partial charge in [-0.1, -0.05) is 50.3 Å². The van der Waals surface area contributed by atoms with Crippen LogP contribution < -0.4 is 20.0 Å². The molecule has 0 amide bonds. The van der Waals surface area contributed by atoms with Gasteiger partial charge in [0.15, 0.2) is 0 Å². The molecule has 0 bridgehead atoms. The molecule has 0 aliphatic heterocycles. The molecule has 1 aromatic heterocycles. The standard InChI is InChI=1S/C26H25N3O3S.C2H6/c1-4-33(30,31)28-21-12-8-19(9-13-21)26-24(17-27)23-14-10-18(11-15-25(23)29(26)2)20-6-5-7-22(16-20)32-3;1-2/h5-9,11-16,28H,4,10H2,1-3H3;1-2H3. The van der Waals surface area contributed by atoms with E-state index in [1.54, 1.807) is 26.2 Å². The first-order valence-electron chi connectivity index (χ1n) is 11.6. The molecule has 4 rings (SSSR count). The van der Waals surface area contributed by atoms with E-state index in [-0.39, 0.29) is 5.75 Å². The van der Waals surface area contributed by atoms with E-state index in [1.165, 1.54) is 0 Å². The van der Waals surface area contributed by atoms with Crippen molar-refractivity contribution in [2.24, 2.45) is 7.05 Å². The summed E-state index contributed by atoms with van der Waals surface area (Å²) in [6, 6.07) is 17.4. The zero-order valence-electron chi connectivity index (χ0n) is 20.8. The lowest BCUT2D eigenvalue weighted by Gasteiger charge is -2.09. The number of nitrogens with one attached hydrogen (secondary N) is 1. The van der Waals surface area contributed by atoms with Gasteiger partial charge in [-0.05, 0) is 60.4 Å². The van der Waals surface area contributed by atoms with Gasteiger partial charge in [-0.2, -0.15) is 5.26 Å². The average Bonchev–Trinajstić information content (AvgIpc) is 3.01. The number of anilines is 1. The summed E-state index contributed by atoms with van der Waals surface area (Å²) < 4.78 is 33.6. The molecule has 1 aliphatic rings. The minimum Gasteiger partial charge on any atom is -0.497 e. The van der Waals surface area contributed by atoms with E-state index in [0.29, 0.717) is 17.7 Å². The lowest BCUT2D eigenvalue weighted by molar-refractivity contribution is 0.414. The van der Waals surface area contributed by atoms with E-state index < -0.39 is 10.0 Å². The molecular weight excluding hydrogens is 458 g/mol. The van der Waals surface area contributed by atoms with Gasteiger partial charge in [0.1, 0.15) is 11.8 Å². The molecule has 3 aromatic rings. The zero-order chi connectivity index (χ0) is 25.6. The highest BCUT2D eigenvalue weighted by atomic mass is 32.2. The van der Waals surface area contributed by atoms with Crippen LogP contribution in [-0.4, -0.2) is 25.8 Å². The minimum absolute atomic E-state index is 0.00873. The fraction of sp³-hybridized carbons (Fsp3) is 0.250. The van der Waals surface area contributed by atoms with Gasteiger partial charge in [0.05, 0.1) is 24.1 Å². The summed E-state index contributed by atoms with van der Waals surface area (Å²) in [6.07, 6.45) is 6.91. The Morgan fingerprint density at radius 2 is 1.80 bits per heavy atom. The first-order valence-corrected chi connectivity index (χ1v) is 13.3. The molecule has 1 aliphatic carbocycles. The maximum absolute atomic E-state index is 11.8. The SMILES string of the molecule is CC.CCS(=O)(=O)Nc1ccc(-c2c(C#N)c3c(n2C)=CC=C(c2cccc(OC)c2)CC=3)cc1. The lowest BCUT2D eigenvalue weighted by Crippen LogP contribution is -2.28. The number of hydrogen-bond donors (Lipinski definition) is 1. The van der Waals surface area contributed by atoms with Crippen molar-refractivity contribution >= 4 is 33.4 Å². The number of methoxy groups -OCH3 is 1. The fourth-order valence-electron chi connectivity index (χ4n) is 4.03. The maximum atomic E-state index is 11.8. The van der Waals surface area contributed by atoms with Crippen molar-refractivity contribution in [3.8, 4) is 23.1 Å². The zero-order valence-corrected chi connectivity index (χ0v) is 21.6. The molecule has 0 atom stereocenters. The Balaban J connectivity index is 0.00000167. The molecular formula is C28H31N3O3S. The van der Waals surface area contributed by atoms with E-state index in [9.17, 15) is 13.7 Å². The smallest absolute Gasteiger partial charge is 0.232 e. The topological polar surface area (TPSA) is 84.1 Å². The second-order valence-corrected chi connectivity index (χ2v) is 9.79. The van der Waals surface area contributed by atoms with Crippen LogP contribution in [0.1, 0.15) is 38.3 Å². The predicted molar refractivity (Wildman–Crippen MR) is 144 cm³/mol. The van der Waals surface area contributed by atoms with Crippen LogP contribution in [0.15, 0.2) is 54.6 Å². The molecule has 7 heteroatoms. The van der Waals surface area contributed by atoms with Crippen LogP contribution in [0.3, 0.4) is 0 Å². The summed E-state index contributed by atoms with van der Waals surface area (Å²) in [5, 5.41) is 11.9. The van der Waals surface area contributed by atoms with Gasteiger partial charge in [-0.3, -0.25) is 4.72 Å². The van der Waals surface area contributed by atoms with E-state index >= 15 is 0 Å². The Morgan fingerprint density at radius 1 is 1.09 bits per heavy atom. The van der Waals surface area contributed by atoms with Gasteiger partial charge in [0.2, 0.25) is 10.0 Å². The average molecular weight is 490 g/mol. The maximum Gasteiger partial charge on any atom is 0.232 e. The number of nitrogens with zero attached hydrogens (tertiary/aromatic N) is 2. The first-order chi connectivity index (χ1) is 16.9. The second-order valence-electron chi connectivity index (χ2n) is 7.77. The van der Waals surface area contributed by atoms with Crippen LogP contribution in [-0.2, 0) is 17.1 Å². The Hall–Kier alpha value is -3.76. The molecule has 2 aromatic carbocycles. The minimum atomic E-state index is -3.34. The van der Waals surface area contributed by atoms with E-state index in [2.05, 4.69) is 29.0 Å². The van der Waals surface area contributed by atoms with Crippen molar-refractivity contribution in [2.75, 3.05) is 17.6 Å². The largest absolute Gasteiger partial charge is 0.497 e. The van der Waals surface area contributed by atoms with Crippen molar-refractivity contribution in [3.63, 3.8) is 0 Å². The quantitative estimate of drug-likeness (QED) is 0.556. The third kappa shape index (κ3) is 5.50. The van der Waals surface area contributed by atoms with Gasteiger partial charge < -0.3 is 9.30 Å². The summed E-state index contributed by atoms with van der Waals surface area (Å²) in [5.74, 6) is 0.814. The second kappa shape index (κ2) is 11.1. The third-order valence-corrected chi connectivity index (χ3v) is 7.12. The van der Waals surface area contributed by atoms with Crippen molar-refractivity contribution < 1.29 is 13.2 Å². The van der Waals surface area contributed by atoms with Crippen LogP contribution in [0.2, 0.25) is 0 Å². The Bertz CT molecular complexity index is 1510. The van der Waals surface area contributed by atoms with Crippen molar-refractivity contribution in [1.29, 1.82) is 5.26 Å². The van der Waals surface area contributed by atoms with Crippen molar-refractivity contribution in [1.82, 2.24) is 4.57 Å². The summed E-state index contributed by atoms with van der Waals surface area (Å²) in [4.78, 5) is 0. The molecule has 0 unspecified atom stereocenters. The van der Waals surface area contributed by atoms with Crippen LogP contribution >= 0.6 is 0 Å². The van der Waals surface area contributed by atoms with E-state index in [0.717, 1.165) is 38.7 Å².